The minimum absolute atomic E-state index is 0.571. The Morgan fingerprint density at radius 3 is 2.50 bits per heavy atom. The number of aromatic nitrogens is 3. The van der Waals surface area contributed by atoms with Crippen LogP contribution >= 0.6 is 0 Å². The van der Waals surface area contributed by atoms with Crippen molar-refractivity contribution in [3.05, 3.63) is 85.2 Å². The molecule has 152 valence electrons. The molecule has 0 unspecified atom stereocenters. The van der Waals surface area contributed by atoms with E-state index in [1.807, 2.05) is 49.4 Å². The van der Waals surface area contributed by atoms with Gasteiger partial charge in [-0.25, -0.2) is 4.98 Å². The third-order valence-electron chi connectivity index (χ3n) is 4.25. The first kappa shape index (κ1) is 20.8. The summed E-state index contributed by atoms with van der Waals surface area (Å²) in [6, 6.07) is 20.2. The second-order valence-electron chi connectivity index (χ2n) is 6.65. The maximum Gasteiger partial charge on any atom is 0.229 e. The number of fused-ring (bicyclic) bond motifs is 1. The predicted molar refractivity (Wildman–Crippen MR) is 126 cm³/mol. The van der Waals surface area contributed by atoms with Crippen LogP contribution in [0.15, 0.2) is 79.5 Å². The highest BCUT2D eigenvalue weighted by Crippen LogP contribution is 2.24. The summed E-state index contributed by atoms with van der Waals surface area (Å²) in [6.07, 6.45) is 5.23. The summed E-state index contributed by atoms with van der Waals surface area (Å²) < 4.78 is 2.17. The summed E-state index contributed by atoms with van der Waals surface area (Å²) in [7, 11) is 0. The first-order chi connectivity index (χ1) is 14.6. The van der Waals surface area contributed by atoms with E-state index in [2.05, 4.69) is 62.2 Å². The van der Waals surface area contributed by atoms with E-state index in [0.717, 1.165) is 29.4 Å². The molecule has 0 aliphatic heterocycles. The number of hydrogen-bond acceptors (Lipinski definition) is 5. The molecule has 0 aliphatic rings. The standard InChI is InChI=1S/C22H21N5.C2H5N/c1-3-12-27-13-11-17-15-19(9-10-20(17)27)24-21-14-16(2)23-22(26-21)25-18-7-5-4-6-8-18;1-2-3/h3-11,13-15H,1,12H2,2H3,(H2,23,24,25,26);2-3H,1H3. The molecule has 0 atom stereocenters. The number of nitrogens with one attached hydrogen (secondary N) is 3. The van der Waals surface area contributed by atoms with Crippen molar-refractivity contribution in [3.63, 3.8) is 0 Å². The monoisotopic (exact) mass is 398 g/mol. The van der Waals surface area contributed by atoms with Gasteiger partial charge in [0.05, 0.1) is 0 Å². The lowest BCUT2D eigenvalue weighted by Gasteiger charge is -2.10. The van der Waals surface area contributed by atoms with Gasteiger partial charge in [0.25, 0.3) is 0 Å². The number of hydrogen-bond donors (Lipinski definition) is 3. The van der Waals surface area contributed by atoms with Gasteiger partial charge in [-0.2, -0.15) is 4.98 Å². The molecule has 0 saturated carbocycles. The van der Waals surface area contributed by atoms with E-state index in [1.54, 1.807) is 6.92 Å². The molecular formula is C24H26N6. The Labute approximate surface area is 176 Å². The Kier molecular flexibility index (Phi) is 6.95. The van der Waals surface area contributed by atoms with Crippen LogP contribution in [0.2, 0.25) is 0 Å². The van der Waals surface area contributed by atoms with Gasteiger partial charge in [-0.1, -0.05) is 24.3 Å². The lowest BCUT2D eigenvalue weighted by atomic mass is 10.2. The molecule has 0 saturated heterocycles. The fourth-order valence-electron chi connectivity index (χ4n) is 3.06. The zero-order chi connectivity index (χ0) is 21.3. The number of aryl methyl sites for hydroxylation is 1. The molecule has 0 aliphatic carbocycles. The highest BCUT2D eigenvalue weighted by atomic mass is 15.1. The van der Waals surface area contributed by atoms with E-state index < -0.39 is 0 Å². The molecule has 0 bridgehead atoms. The van der Waals surface area contributed by atoms with Gasteiger partial charge in [-0.3, -0.25) is 0 Å². The van der Waals surface area contributed by atoms with Crippen molar-refractivity contribution in [1.29, 1.82) is 5.41 Å². The molecule has 4 rings (SSSR count). The number of benzene rings is 2. The van der Waals surface area contributed by atoms with E-state index in [1.165, 1.54) is 17.1 Å². The average molecular weight is 399 g/mol. The van der Waals surface area contributed by atoms with Gasteiger partial charge in [0.15, 0.2) is 0 Å². The quantitative estimate of drug-likeness (QED) is 0.272. The third kappa shape index (κ3) is 5.32. The molecule has 30 heavy (non-hydrogen) atoms. The second-order valence-corrected chi connectivity index (χ2v) is 6.65. The molecule has 6 heteroatoms. The van der Waals surface area contributed by atoms with Crippen LogP contribution in [-0.2, 0) is 6.54 Å². The lowest BCUT2D eigenvalue weighted by molar-refractivity contribution is 0.865. The Morgan fingerprint density at radius 2 is 1.77 bits per heavy atom. The van der Waals surface area contributed by atoms with Gasteiger partial charge in [0.2, 0.25) is 5.95 Å². The Hall–Kier alpha value is -3.93. The van der Waals surface area contributed by atoms with Crippen LogP contribution in [0.3, 0.4) is 0 Å². The molecule has 0 spiro atoms. The fraction of sp³-hybridized carbons (Fsp3) is 0.125. The molecule has 3 N–H and O–H groups in total. The van der Waals surface area contributed by atoms with Crippen LogP contribution in [0.5, 0.6) is 0 Å². The minimum atomic E-state index is 0.571. The Morgan fingerprint density at radius 1 is 1.00 bits per heavy atom. The zero-order valence-electron chi connectivity index (χ0n) is 17.3. The Balaban J connectivity index is 0.000000806. The van der Waals surface area contributed by atoms with E-state index in [-0.39, 0.29) is 0 Å². The van der Waals surface area contributed by atoms with Gasteiger partial charge in [-0.05, 0) is 56.5 Å². The van der Waals surface area contributed by atoms with E-state index in [0.29, 0.717) is 5.95 Å². The predicted octanol–water partition coefficient (Wildman–Crippen LogP) is 6.07. The molecule has 2 aromatic heterocycles. The molecule has 0 fully saturated rings. The van der Waals surface area contributed by atoms with Crippen molar-refractivity contribution in [2.45, 2.75) is 20.4 Å². The summed E-state index contributed by atoms with van der Waals surface area (Å²) in [4.78, 5) is 9.06. The van der Waals surface area contributed by atoms with Crippen molar-refractivity contribution in [2.75, 3.05) is 10.6 Å². The maximum absolute atomic E-state index is 6.08. The largest absolute Gasteiger partial charge is 0.344 e. The van der Waals surface area contributed by atoms with Crippen LogP contribution in [-0.4, -0.2) is 20.7 Å². The second kappa shape index (κ2) is 10.0. The zero-order valence-corrected chi connectivity index (χ0v) is 17.3. The van der Waals surface area contributed by atoms with E-state index in [9.17, 15) is 0 Å². The molecule has 4 aromatic rings. The van der Waals surface area contributed by atoms with Gasteiger partial charge in [0, 0.05) is 46.8 Å². The number of anilines is 4. The first-order valence-electron chi connectivity index (χ1n) is 9.72. The van der Waals surface area contributed by atoms with Crippen LogP contribution in [0.25, 0.3) is 10.9 Å². The normalized spacial score (nSPS) is 10.1. The SMILES string of the molecule is C=CCn1ccc2cc(Nc3cc(C)nc(Nc4ccccc4)n3)ccc21.CC=N. The van der Waals surface area contributed by atoms with Crippen LogP contribution in [0, 0.1) is 12.3 Å². The van der Waals surface area contributed by atoms with Gasteiger partial charge >= 0.3 is 0 Å². The topological polar surface area (TPSA) is 78.6 Å². The number of rotatable bonds is 6. The molecule has 6 nitrogen and oxygen atoms in total. The lowest BCUT2D eigenvalue weighted by Crippen LogP contribution is -2.02. The van der Waals surface area contributed by atoms with Crippen molar-refractivity contribution in [1.82, 2.24) is 14.5 Å². The molecular weight excluding hydrogens is 372 g/mol. The smallest absolute Gasteiger partial charge is 0.229 e. The van der Waals surface area contributed by atoms with Crippen LogP contribution in [0.1, 0.15) is 12.6 Å². The molecule has 0 radical (unpaired) electrons. The summed E-state index contributed by atoms with van der Waals surface area (Å²) in [6.45, 7) is 8.24. The number of para-hydroxylation sites is 1. The third-order valence-corrected chi connectivity index (χ3v) is 4.25. The number of allylic oxidation sites excluding steroid dienone is 1. The minimum Gasteiger partial charge on any atom is -0.344 e. The Bertz CT molecular complexity index is 1130. The summed E-state index contributed by atoms with van der Waals surface area (Å²) in [5.74, 6) is 1.33. The highest BCUT2D eigenvalue weighted by Gasteiger charge is 2.05. The van der Waals surface area contributed by atoms with E-state index in [4.69, 9.17) is 5.41 Å². The number of nitrogens with zero attached hydrogens (tertiary/aromatic N) is 3. The molecule has 2 heterocycles. The van der Waals surface area contributed by atoms with Crippen LogP contribution < -0.4 is 10.6 Å². The average Bonchev–Trinajstić information content (AvgIpc) is 3.11. The van der Waals surface area contributed by atoms with Crippen molar-refractivity contribution in [2.24, 2.45) is 0 Å². The van der Waals surface area contributed by atoms with Crippen molar-refractivity contribution in [3.8, 4) is 0 Å². The van der Waals surface area contributed by atoms with Crippen molar-refractivity contribution < 1.29 is 0 Å². The van der Waals surface area contributed by atoms with E-state index >= 15 is 0 Å². The van der Waals surface area contributed by atoms with Gasteiger partial charge in [-0.15, -0.1) is 6.58 Å². The van der Waals surface area contributed by atoms with Gasteiger partial charge in [0.1, 0.15) is 5.82 Å². The van der Waals surface area contributed by atoms with Crippen molar-refractivity contribution >= 4 is 40.3 Å². The maximum atomic E-state index is 6.08. The first-order valence-corrected chi connectivity index (χ1v) is 9.72. The highest BCUT2D eigenvalue weighted by molar-refractivity contribution is 5.84. The molecule has 0 amide bonds. The fourth-order valence-corrected chi connectivity index (χ4v) is 3.06. The molecule has 2 aromatic carbocycles. The summed E-state index contributed by atoms with van der Waals surface area (Å²) >= 11 is 0. The summed E-state index contributed by atoms with van der Waals surface area (Å²) in [5, 5.41) is 13.9. The van der Waals surface area contributed by atoms with Gasteiger partial charge < -0.3 is 20.6 Å². The van der Waals surface area contributed by atoms with Crippen LogP contribution in [0.4, 0.5) is 23.1 Å². The summed E-state index contributed by atoms with van der Waals surface area (Å²) in [5.41, 5.74) is 4.02.